The first-order valence-electron chi connectivity index (χ1n) is 6.59. The molecule has 0 aliphatic heterocycles. The number of aliphatic carboxylic acids is 1. The third-order valence-electron chi connectivity index (χ3n) is 2.87. The molecule has 0 aromatic rings. The lowest BCUT2D eigenvalue weighted by Gasteiger charge is -2.30. The molecule has 0 aliphatic carbocycles. The summed E-state index contributed by atoms with van der Waals surface area (Å²) in [6.45, 7) is 7.09. The molecule has 0 fully saturated rings. The largest absolute Gasteiger partial charge is 0.532 e. The summed E-state index contributed by atoms with van der Waals surface area (Å²) < 4.78 is 27.4. The number of phosphoric ester groups is 1. The maximum atomic E-state index is 12.4. The monoisotopic (exact) mass is 310 g/mol. The molecule has 1 atom stereocenters. The SMILES string of the molecule is CCOP(=O)(OC(=O)CCC(=O)O)OC(C)(CC)CC. The van der Waals surface area contributed by atoms with Gasteiger partial charge in [-0.1, -0.05) is 13.8 Å². The van der Waals surface area contributed by atoms with Gasteiger partial charge in [0.2, 0.25) is 0 Å². The fourth-order valence-electron chi connectivity index (χ4n) is 1.26. The van der Waals surface area contributed by atoms with Crippen LogP contribution in [-0.2, 0) is 27.7 Å². The third-order valence-corrected chi connectivity index (χ3v) is 4.54. The Morgan fingerprint density at radius 3 is 2.10 bits per heavy atom. The predicted molar refractivity (Wildman–Crippen MR) is 72.3 cm³/mol. The van der Waals surface area contributed by atoms with Gasteiger partial charge in [-0.2, -0.15) is 0 Å². The van der Waals surface area contributed by atoms with Gasteiger partial charge in [0.1, 0.15) is 0 Å². The first kappa shape index (κ1) is 19.1. The van der Waals surface area contributed by atoms with Gasteiger partial charge in [-0.15, -0.1) is 0 Å². The Bertz CT molecular complexity index is 376. The number of carbonyl (C=O) groups is 2. The van der Waals surface area contributed by atoms with E-state index in [-0.39, 0.29) is 13.0 Å². The van der Waals surface area contributed by atoms with Crippen LogP contribution in [0.3, 0.4) is 0 Å². The highest BCUT2D eigenvalue weighted by Crippen LogP contribution is 2.54. The number of carboxylic acid groups (broad SMARTS) is 1. The van der Waals surface area contributed by atoms with Gasteiger partial charge < -0.3 is 9.63 Å². The highest BCUT2D eigenvalue weighted by atomic mass is 31.2. The Hall–Kier alpha value is -0.910. The number of rotatable bonds is 10. The normalized spacial score (nSPS) is 14.6. The molecular weight excluding hydrogens is 287 g/mol. The van der Waals surface area contributed by atoms with Crippen molar-refractivity contribution in [3.8, 4) is 0 Å². The second-order valence-electron chi connectivity index (χ2n) is 4.47. The summed E-state index contributed by atoms with van der Waals surface area (Å²) >= 11 is 0. The van der Waals surface area contributed by atoms with Crippen molar-refractivity contribution < 1.29 is 32.8 Å². The van der Waals surface area contributed by atoms with Crippen LogP contribution < -0.4 is 0 Å². The van der Waals surface area contributed by atoms with E-state index in [9.17, 15) is 14.2 Å². The van der Waals surface area contributed by atoms with Crippen LogP contribution in [0.4, 0.5) is 0 Å². The molecule has 20 heavy (non-hydrogen) atoms. The van der Waals surface area contributed by atoms with Crippen LogP contribution >= 0.6 is 7.82 Å². The van der Waals surface area contributed by atoms with Crippen LogP contribution in [0.25, 0.3) is 0 Å². The summed E-state index contributed by atoms with van der Waals surface area (Å²) in [5.74, 6) is -2.06. The van der Waals surface area contributed by atoms with Gasteiger partial charge in [0.05, 0.1) is 25.0 Å². The Morgan fingerprint density at radius 2 is 1.70 bits per heavy atom. The zero-order chi connectivity index (χ0) is 15.8. The van der Waals surface area contributed by atoms with Crippen molar-refractivity contribution in [2.45, 2.75) is 59.0 Å². The fraction of sp³-hybridized carbons (Fsp3) is 0.833. The topological polar surface area (TPSA) is 99.1 Å². The van der Waals surface area contributed by atoms with E-state index < -0.39 is 31.8 Å². The molecule has 0 aromatic carbocycles. The lowest BCUT2D eigenvalue weighted by molar-refractivity contribution is -0.143. The highest BCUT2D eigenvalue weighted by molar-refractivity contribution is 7.49. The summed E-state index contributed by atoms with van der Waals surface area (Å²) in [7, 11) is -4.03. The van der Waals surface area contributed by atoms with Gasteiger partial charge in [0.25, 0.3) is 0 Å². The van der Waals surface area contributed by atoms with Crippen LogP contribution in [0.1, 0.15) is 53.4 Å². The quantitative estimate of drug-likeness (QED) is 0.619. The van der Waals surface area contributed by atoms with Crippen molar-refractivity contribution in [1.29, 1.82) is 0 Å². The van der Waals surface area contributed by atoms with Gasteiger partial charge >= 0.3 is 19.8 Å². The summed E-state index contributed by atoms with van der Waals surface area (Å²) in [5.41, 5.74) is -0.738. The molecular formula is C12H23O7P. The van der Waals surface area contributed by atoms with Crippen LogP contribution in [0.15, 0.2) is 0 Å². The van der Waals surface area contributed by atoms with Crippen LogP contribution in [0.5, 0.6) is 0 Å². The molecule has 0 aliphatic rings. The standard InChI is InChI=1S/C12H23O7P/c1-5-12(4,6-2)19-20(16,17-7-3)18-11(15)9-8-10(13)14/h5-9H2,1-4H3,(H,13,14). The minimum absolute atomic E-state index is 0.0486. The van der Waals surface area contributed by atoms with Crippen molar-refractivity contribution in [3.63, 3.8) is 0 Å². The molecule has 0 saturated carbocycles. The summed E-state index contributed by atoms with van der Waals surface area (Å²) in [5, 5.41) is 8.49. The molecule has 0 heterocycles. The number of carbonyl (C=O) groups excluding carboxylic acids is 1. The molecule has 1 N–H and O–H groups in total. The van der Waals surface area contributed by atoms with E-state index in [1.165, 1.54) is 0 Å². The van der Waals surface area contributed by atoms with E-state index >= 15 is 0 Å². The first-order valence-corrected chi connectivity index (χ1v) is 8.06. The number of hydrogen-bond acceptors (Lipinski definition) is 6. The van der Waals surface area contributed by atoms with Crippen molar-refractivity contribution in [2.75, 3.05) is 6.61 Å². The van der Waals surface area contributed by atoms with Crippen molar-refractivity contribution in [1.82, 2.24) is 0 Å². The number of phosphoric acid groups is 1. The molecule has 0 rings (SSSR count). The molecule has 1 unspecified atom stereocenters. The molecule has 0 aromatic heterocycles. The molecule has 8 heteroatoms. The van der Waals surface area contributed by atoms with E-state index in [0.29, 0.717) is 12.8 Å². The molecule has 0 radical (unpaired) electrons. The molecule has 0 spiro atoms. The van der Waals surface area contributed by atoms with Crippen molar-refractivity contribution >= 4 is 19.8 Å². The van der Waals surface area contributed by atoms with Gasteiger partial charge in [-0.25, -0.2) is 4.57 Å². The van der Waals surface area contributed by atoms with Crippen LogP contribution in [0.2, 0.25) is 0 Å². The fourth-order valence-corrected chi connectivity index (χ4v) is 2.86. The molecule has 0 saturated heterocycles. The smallest absolute Gasteiger partial charge is 0.481 e. The van der Waals surface area contributed by atoms with E-state index in [1.54, 1.807) is 13.8 Å². The summed E-state index contributed by atoms with van der Waals surface area (Å²) in [6, 6.07) is 0. The lowest BCUT2D eigenvalue weighted by atomic mass is 10.0. The van der Waals surface area contributed by atoms with E-state index in [1.807, 2.05) is 13.8 Å². The summed E-state index contributed by atoms with van der Waals surface area (Å²) in [6.07, 6.45) is 0.342. The minimum atomic E-state index is -4.03. The third kappa shape index (κ3) is 7.03. The summed E-state index contributed by atoms with van der Waals surface area (Å²) in [4.78, 5) is 21.9. The molecule has 0 amide bonds. The Balaban J connectivity index is 4.79. The second-order valence-corrected chi connectivity index (χ2v) is 5.99. The Labute approximate surface area is 119 Å². The molecule has 118 valence electrons. The van der Waals surface area contributed by atoms with Crippen molar-refractivity contribution in [3.05, 3.63) is 0 Å². The number of hydrogen-bond donors (Lipinski definition) is 1. The van der Waals surface area contributed by atoms with E-state index in [2.05, 4.69) is 0 Å². The number of carboxylic acids is 1. The minimum Gasteiger partial charge on any atom is -0.481 e. The lowest BCUT2D eigenvalue weighted by Crippen LogP contribution is -2.27. The maximum Gasteiger partial charge on any atom is 0.532 e. The van der Waals surface area contributed by atoms with Gasteiger partial charge in [-0.05, 0) is 26.7 Å². The van der Waals surface area contributed by atoms with Gasteiger partial charge in [0, 0.05) is 0 Å². The average Bonchev–Trinajstić information content (AvgIpc) is 2.36. The zero-order valence-corrected chi connectivity index (χ0v) is 13.3. The van der Waals surface area contributed by atoms with Crippen LogP contribution in [-0.4, -0.2) is 29.3 Å². The molecule has 7 nitrogen and oxygen atoms in total. The maximum absolute atomic E-state index is 12.4. The highest BCUT2D eigenvalue weighted by Gasteiger charge is 2.38. The van der Waals surface area contributed by atoms with Crippen molar-refractivity contribution in [2.24, 2.45) is 0 Å². The van der Waals surface area contributed by atoms with Gasteiger partial charge in [-0.3, -0.25) is 18.6 Å². The second kappa shape index (κ2) is 8.39. The zero-order valence-electron chi connectivity index (χ0n) is 12.4. The Morgan fingerprint density at radius 1 is 1.15 bits per heavy atom. The van der Waals surface area contributed by atoms with Gasteiger partial charge in [0.15, 0.2) is 0 Å². The first-order chi connectivity index (χ1) is 9.20. The van der Waals surface area contributed by atoms with E-state index in [0.717, 1.165) is 0 Å². The molecule has 0 bridgehead atoms. The predicted octanol–water partition coefficient (Wildman–Crippen LogP) is 3.13. The Kier molecular flexibility index (Phi) is 8.01. The van der Waals surface area contributed by atoms with Crippen LogP contribution in [0, 0.1) is 0 Å². The van der Waals surface area contributed by atoms with E-state index in [4.69, 9.17) is 18.7 Å². The average molecular weight is 310 g/mol.